The van der Waals surface area contributed by atoms with Crippen LogP contribution in [0.2, 0.25) is 0 Å². The highest BCUT2D eigenvalue weighted by molar-refractivity contribution is 7.90. The van der Waals surface area contributed by atoms with E-state index in [4.69, 9.17) is 0 Å². The maximum atomic E-state index is 12.7. The summed E-state index contributed by atoms with van der Waals surface area (Å²) in [6.45, 7) is 2.19. The molecular weight excluding hydrogens is 421 g/mol. The maximum absolute atomic E-state index is 12.7. The number of aliphatic imine (C=N–C) groups is 1. The third-order valence-corrected chi connectivity index (χ3v) is 7.23. The second-order valence-electron chi connectivity index (χ2n) is 7.65. The third kappa shape index (κ3) is 4.73. The van der Waals surface area contributed by atoms with Crippen molar-refractivity contribution in [1.82, 2.24) is 14.9 Å². The molecule has 1 aliphatic carbocycles. The van der Waals surface area contributed by atoms with Crippen molar-refractivity contribution >= 4 is 16.0 Å². The number of nitrogens with zero attached hydrogens (tertiary/aromatic N) is 2. The topological polar surface area (TPSA) is 94.0 Å². The summed E-state index contributed by atoms with van der Waals surface area (Å²) in [5.41, 5.74) is -4.36. The second kappa shape index (κ2) is 8.72. The Balaban J connectivity index is 1.62. The van der Waals surface area contributed by atoms with E-state index in [1.165, 1.54) is 0 Å². The van der Waals surface area contributed by atoms with Crippen molar-refractivity contribution in [2.24, 2.45) is 4.99 Å². The van der Waals surface area contributed by atoms with Crippen LogP contribution in [0, 0.1) is 0 Å². The first-order valence-corrected chi connectivity index (χ1v) is 11.4. The zero-order valence-electron chi connectivity index (χ0n) is 16.7. The molecule has 1 atom stereocenters. The molecule has 1 unspecified atom stereocenters. The number of nitrogens with one attached hydrogen (secondary N) is 2. The number of rotatable bonds is 5. The molecule has 2 aliphatic rings. The summed E-state index contributed by atoms with van der Waals surface area (Å²) in [5, 5.41) is 17.3. The Kier molecular flexibility index (Phi) is 6.63. The Morgan fingerprint density at radius 3 is 2.60 bits per heavy atom. The van der Waals surface area contributed by atoms with Crippen molar-refractivity contribution in [3.63, 3.8) is 0 Å². The summed E-state index contributed by atoms with van der Waals surface area (Å²) >= 11 is 0. The van der Waals surface area contributed by atoms with E-state index < -0.39 is 21.1 Å². The fraction of sp³-hybridized carbons (Fsp3) is 0.632. The molecule has 30 heavy (non-hydrogen) atoms. The Labute approximate surface area is 174 Å². The molecule has 3 N–H and O–H groups in total. The minimum Gasteiger partial charge on any atom is -0.383 e. The number of hydrogen-bond donors (Lipinski definition) is 3. The summed E-state index contributed by atoms with van der Waals surface area (Å²) in [4.78, 5) is 4.50. The van der Waals surface area contributed by atoms with Gasteiger partial charge in [0.2, 0.25) is 0 Å². The SMILES string of the molecule is CCNC(=NCC1(O)CCc2ccccc21)NC1CCN(S(=O)(=O)C(F)(F)F)CC1. The van der Waals surface area contributed by atoms with Crippen LogP contribution in [0.15, 0.2) is 29.3 Å². The number of halogens is 3. The lowest BCUT2D eigenvalue weighted by Crippen LogP contribution is -2.51. The molecule has 0 aromatic heterocycles. The van der Waals surface area contributed by atoms with Gasteiger partial charge in [-0.15, -0.1) is 0 Å². The summed E-state index contributed by atoms with van der Waals surface area (Å²) in [6, 6.07) is 7.49. The van der Waals surface area contributed by atoms with Gasteiger partial charge in [-0.05, 0) is 43.7 Å². The van der Waals surface area contributed by atoms with Crippen LogP contribution in [-0.4, -0.2) is 61.5 Å². The zero-order valence-corrected chi connectivity index (χ0v) is 17.6. The number of benzene rings is 1. The molecule has 0 radical (unpaired) electrons. The van der Waals surface area contributed by atoms with Gasteiger partial charge in [-0.1, -0.05) is 24.3 Å². The standard InChI is InChI=1S/C19H27F3N4O3S/c1-2-23-17(24-13-18(27)10-7-14-5-3-4-6-16(14)18)25-15-8-11-26(12-9-15)30(28,29)19(20,21)22/h3-6,15,27H,2,7-13H2,1H3,(H2,23,24,25). The number of aryl methyl sites for hydroxylation is 1. The molecule has 0 amide bonds. The van der Waals surface area contributed by atoms with Crippen molar-refractivity contribution in [3.8, 4) is 0 Å². The molecule has 168 valence electrons. The number of guanidine groups is 1. The molecule has 0 saturated carbocycles. The monoisotopic (exact) mass is 448 g/mol. The largest absolute Gasteiger partial charge is 0.511 e. The van der Waals surface area contributed by atoms with Gasteiger partial charge in [0, 0.05) is 25.7 Å². The maximum Gasteiger partial charge on any atom is 0.511 e. The Morgan fingerprint density at radius 1 is 1.30 bits per heavy atom. The van der Waals surface area contributed by atoms with Crippen LogP contribution in [0.5, 0.6) is 0 Å². The van der Waals surface area contributed by atoms with Gasteiger partial charge in [-0.25, -0.2) is 13.4 Å². The summed E-state index contributed by atoms with van der Waals surface area (Å²) in [5.74, 6) is 0.451. The first kappa shape index (κ1) is 22.8. The summed E-state index contributed by atoms with van der Waals surface area (Å²) in [7, 11) is -5.29. The van der Waals surface area contributed by atoms with Gasteiger partial charge in [-0.2, -0.15) is 17.5 Å². The first-order valence-electron chi connectivity index (χ1n) is 9.99. The molecule has 0 spiro atoms. The molecular formula is C19H27F3N4O3S. The van der Waals surface area contributed by atoms with Crippen LogP contribution < -0.4 is 10.6 Å². The van der Waals surface area contributed by atoms with Crippen molar-refractivity contribution in [2.75, 3.05) is 26.2 Å². The van der Waals surface area contributed by atoms with E-state index >= 15 is 0 Å². The van der Waals surface area contributed by atoms with E-state index in [0.717, 1.165) is 17.5 Å². The lowest BCUT2D eigenvalue weighted by molar-refractivity contribution is -0.0494. The Hall–Kier alpha value is -1.85. The first-order chi connectivity index (χ1) is 14.1. The average molecular weight is 449 g/mol. The van der Waals surface area contributed by atoms with E-state index in [1.54, 1.807) is 0 Å². The van der Waals surface area contributed by atoms with Crippen molar-refractivity contribution < 1.29 is 26.7 Å². The van der Waals surface area contributed by atoms with E-state index in [-0.39, 0.29) is 38.5 Å². The van der Waals surface area contributed by atoms with E-state index in [2.05, 4.69) is 15.6 Å². The molecule has 1 fully saturated rings. The fourth-order valence-corrected chi connectivity index (χ4v) is 4.93. The van der Waals surface area contributed by atoms with E-state index in [0.29, 0.717) is 23.2 Å². The molecule has 1 heterocycles. The average Bonchev–Trinajstić information content (AvgIpc) is 3.03. The van der Waals surface area contributed by atoms with Crippen LogP contribution in [0.3, 0.4) is 0 Å². The number of aliphatic hydroxyl groups is 1. The molecule has 7 nitrogen and oxygen atoms in total. The molecule has 1 saturated heterocycles. The number of sulfonamides is 1. The fourth-order valence-electron chi connectivity index (χ4n) is 3.94. The van der Waals surface area contributed by atoms with Gasteiger partial charge in [0.05, 0.1) is 6.54 Å². The smallest absolute Gasteiger partial charge is 0.383 e. The quantitative estimate of drug-likeness (QED) is 0.471. The third-order valence-electron chi connectivity index (χ3n) is 5.60. The van der Waals surface area contributed by atoms with Gasteiger partial charge in [-0.3, -0.25) is 0 Å². The molecule has 11 heteroatoms. The zero-order chi connectivity index (χ0) is 22.0. The molecule has 1 aromatic rings. The van der Waals surface area contributed by atoms with Gasteiger partial charge in [0.25, 0.3) is 0 Å². The number of hydrogen-bond acceptors (Lipinski definition) is 4. The van der Waals surface area contributed by atoms with Crippen molar-refractivity contribution in [3.05, 3.63) is 35.4 Å². The van der Waals surface area contributed by atoms with Crippen LogP contribution in [0.25, 0.3) is 0 Å². The van der Waals surface area contributed by atoms with Crippen LogP contribution >= 0.6 is 0 Å². The van der Waals surface area contributed by atoms with E-state index in [9.17, 15) is 26.7 Å². The minimum absolute atomic E-state index is 0.153. The predicted molar refractivity (Wildman–Crippen MR) is 107 cm³/mol. The van der Waals surface area contributed by atoms with Gasteiger partial charge in [0.15, 0.2) is 5.96 Å². The van der Waals surface area contributed by atoms with Crippen LogP contribution in [0.1, 0.15) is 37.3 Å². The summed E-state index contributed by atoms with van der Waals surface area (Å²) < 4.78 is 61.7. The molecule has 0 bridgehead atoms. The number of fused-ring (bicyclic) bond motifs is 1. The van der Waals surface area contributed by atoms with Crippen molar-refractivity contribution in [2.45, 2.75) is 49.8 Å². The Bertz CT molecular complexity index is 883. The van der Waals surface area contributed by atoms with Gasteiger partial charge < -0.3 is 15.7 Å². The highest BCUT2D eigenvalue weighted by Gasteiger charge is 2.50. The second-order valence-corrected chi connectivity index (χ2v) is 9.58. The van der Waals surface area contributed by atoms with Gasteiger partial charge >= 0.3 is 15.5 Å². The normalized spacial score (nSPS) is 24.0. The number of piperidine rings is 1. The van der Waals surface area contributed by atoms with E-state index in [1.807, 2.05) is 31.2 Å². The summed E-state index contributed by atoms with van der Waals surface area (Å²) in [6.07, 6.45) is 1.81. The Morgan fingerprint density at radius 2 is 1.97 bits per heavy atom. The highest BCUT2D eigenvalue weighted by Crippen LogP contribution is 2.37. The highest BCUT2D eigenvalue weighted by atomic mass is 32.2. The van der Waals surface area contributed by atoms with Crippen LogP contribution in [0.4, 0.5) is 13.2 Å². The van der Waals surface area contributed by atoms with Gasteiger partial charge in [0.1, 0.15) is 5.60 Å². The van der Waals surface area contributed by atoms with Crippen LogP contribution in [-0.2, 0) is 22.0 Å². The lowest BCUT2D eigenvalue weighted by Gasteiger charge is -2.32. The van der Waals surface area contributed by atoms with Crippen molar-refractivity contribution in [1.29, 1.82) is 0 Å². The minimum atomic E-state index is -5.29. The molecule has 1 aromatic carbocycles. The predicted octanol–water partition coefficient (Wildman–Crippen LogP) is 1.69. The number of alkyl halides is 3. The molecule has 1 aliphatic heterocycles. The molecule has 3 rings (SSSR count). The lowest BCUT2D eigenvalue weighted by atomic mass is 9.96.